The van der Waals surface area contributed by atoms with Gasteiger partial charge >= 0.3 is 5.97 Å². The zero-order chi connectivity index (χ0) is 26.5. The molecule has 2 aliphatic rings. The molecule has 192 valence electrons. The maximum absolute atomic E-state index is 13.1. The van der Waals surface area contributed by atoms with Gasteiger partial charge in [-0.15, -0.1) is 0 Å². The van der Waals surface area contributed by atoms with Gasteiger partial charge in [0.05, 0.1) is 13.4 Å². The first-order valence-corrected chi connectivity index (χ1v) is 12.3. The van der Waals surface area contributed by atoms with Crippen molar-refractivity contribution in [1.29, 1.82) is 0 Å². The summed E-state index contributed by atoms with van der Waals surface area (Å²) in [6.07, 6.45) is 1.95. The van der Waals surface area contributed by atoms with Crippen LogP contribution in [-0.4, -0.2) is 59.7 Å². The van der Waals surface area contributed by atoms with Crippen LogP contribution in [0.25, 0.3) is 0 Å². The fourth-order valence-electron chi connectivity index (χ4n) is 4.72. The average Bonchev–Trinajstić information content (AvgIpc) is 3.36. The van der Waals surface area contributed by atoms with Crippen LogP contribution in [0.2, 0.25) is 0 Å². The van der Waals surface area contributed by atoms with Crippen molar-refractivity contribution in [3.63, 3.8) is 0 Å². The van der Waals surface area contributed by atoms with E-state index in [1.807, 2.05) is 84.9 Å². The first-order chi connectivity index (χ1) is 18.5. The molecule has 3 aromatic carbocycles. The van der Waals surface area contributed by atoms with Crippen molar-refractivity contribution >= 4 is 30.0 Å². The van der Waals surface area contributed by atoms with Gasteiger partial charge < -0.3 is 14.7 Å². The third-order valence-electron chi connectivity index (χ3n) is 6.55. The van der Waals surface area contributed by atoms with E-state index in [1.165, 1.54) is 0 Å². The number of aliphatic carboxylic acids is 1. The third kappa shape index (κ3) is 4.78. The van der Waals surface area contributed by atoms with Gasteiger partial charge in [0.2, 0.25) is 5.96 Å². The minimum absolute atomic E-state index is 0.0119. The SMILES string of the molecule is COc1ccc(C(N=C2N=C3C(N=CN3CCCC(=O)O)C(=O)N2)(c2ccccc2)c2ccccc2)cc1. The largest absolute Gasteiger partial charge is 0.497 e. The number of nitrogens with zero attached hydrogens (tertiary/aromatic N) is 4. The van der Waals surface area contributed by atoms with E-state index in [0.29, 0.717) is 24.6 Å². The van der Waals surface area contributed by atoms with E-state index in [9.17, 15) is 9.59 Å². The van der Waals surface area contributed by atoms with E-state index in [0.717, 1.165) is 16.7 Å². The van der Waals surface area contributed by atoms with Gasteiger partial charge in [0.1, 0.15) is 17.1 Å². The molecular weight excluding hydrogens is 482 g/mol. The van der Waals surface area contributed by atoms with Gasteiger partial charge in [-0.2, -0.15) is 4.99 Å². The van der Waals surface area contributed by atoms with E-state index in [1.54, 1.807) is 18.3 Å². The highest BCUT2D eigenvalue weighted by Crippen LogP contribution is 2.41. The molecule has 5 rings (SSSR count). The van der Waals surface area contributed by atoms with Crippen LogP contribution >= 0.6 is 0 Å². The first-order valence-electron chi connectivity index (χ1n) is 12.3. The topological polar surface area (TPSA) is 116 Å². The Morgan fingerprint density at radius 1 is 1.00 bits per heavy atom. The number of rotatable bonds is 9. The zero-order valence-electron chi connectivity index (χ0n) is 20.8. The number of carbonyl (C=O) groups is 2. The Morgan fingerprint density at radius 3 is 2.18 bits per heavy atom. The maximum atomic E-state index is 13.1. The summed E-state index contributed by atoms with van der Waals surface area (Å²) in [6.45, 7) is 0.382. The van der Waals surface area contributed by atoms with E-state index < -0.39 is 17.6 Å². The molecule has 2 aliphatic heterocycles. The number of ether oxygens (including phenoxy) is 1. The lowest BCUT2D eigenvalue weighted by Crippen LogP contribution is -2.50. The van der Waals surface area contributed by atoms with Crippen LogP contribution in [-0.2, 0) is 15.1 Å². The van der Waals surface area contributed by atoms with Gasteiger partial charge in [-0.1, -0.05) is 72.8 Å². The quantitative estimate of drug-likeness (QED) is 0.429. The summed E-state index contributed by atoms with van der Waals surface area (Å²) in [5.41, 5.74) is 1.60. The van der Waals surface area contributed by atoms with Crippen molar-refractivity contribution in [1.82, 2.24) is 10.2 Å². The minimum atomic E-state index is -1.04. The third-order valence-corrected chi connectivity index (χ3v) is 6.55. The van der Waals surface area contributed by atoms with Crippen molar-refractivity contribution in [2.24, 2.45) is 15.0 Å². The number of hydrogen-bond donors (Lipinski definition) is 2. The number of methoxy groups -OCH3 is 1. The standard InChI is InChI=1S/C29H27N5O4/c1-38-23-16-14-22(15-17-23)29(20-9-4-2-5-10-20,21-11-6-3-7-12-21)33-28-31-26-25(27(37)32-28)30-19-34(26)18-8-13-24(35)36/h2-7,9-12,14-17,19,25H,8,13,18H2,1H3,(H,35,36)(H,32,33,37). The van der Waals surface area contributed by atoms with Gasteiger partial charge in [0.25, 0.3) is 5.91 Å². The number of carbonyl (C=O) groups excluding carboxylic acids is 1. The van der Waals surface area contributed by atoms with Crippen LogP contribution in [0.1, 0.15) is 29.5 Å². The molecule has 0 radical (unpaired) electrons. The Balaban J connectivity index is 1.67. The van der Waals surface area contributed by atoms with E-state index >= 15 is 0 Å². The lowest BCUT2D eigenvalue weighted by Gasteiger charge is -2.33. The van der Waals surface area contributed by atoms with Crippen LogP contribution < -0.4 is 10.1 Å². The van der Waals surface area contributed by atoms with Gasteiger partial charge in [0, 0.05) is 13.0 Å². The van der Waals surface area contributed by atoms with Crippen molar-refractivity contribution in [2.45, 2.75) is 24.4 Å². The second-order valence-electron chi connectivity index (χ2n) is 8.92. The predicted molar refractivity (Wildman–Crippen MR) is 145 cm³/mol. The van der Waals surface area contributed by atoms with E-state index in [-0.39, 0.29) is 18.3 Å². The molecule has 2 heterocycles. The highest BCUT2D eigenvalue weighted by Gasteiger charge is 2.40. The van der Waals surface area contributed by atoms with Crippen LogP contribution in [0.15, 0.2) is 99.9 Å². The number of carboxylic acid groups (broad SMARTS) is 1. The Morgan fingerprint density at radius 2 is 1.61 bits per heavy atom. The molecule has 1 amide bonds. The summed E-state index contributed by atoms with van der Waals surface area (Å²) in [5, 5.41) is 11.8. The van der Waals surface area contributed by atoms with Gasteiger partial charge in [-0.3, -0.25) is 19.9 Å². The first kappa shape index (κ1) is 24.9. The Kier molecular flexibility index (Phi) is 6.99. The summed E-state index contributed by atoms with van der Waals surface area (Å²) < 4.78 is 5.39. The second-order valence-corrected chi connectivity index (χ2v) is 8.92. The molecule has 0 bridgehead atoms. The molecule has 9 nitrogen and oxygen atoms in total. The number of amides is 1. The van der Waals surface area contributed by atoms with Crippen molar-refractivity contribution in [3.05, 3.63) is 102 Å². The van der Waals surface area contributed by atoms with Crippen molar-refractivity contribution in [3.8, 4) is 5.75 Å². The summed E-state index contributed by atoms with van der Waals surface area (Å²) in [5.74, 6) is 0.0838. The molecule has 38 heavy (non-hydrogen) atoms. The van der Waals surface area contributed by atoms with Crippen LogP contribution in [0.5, 0.6) is 5.75 Å². The summed E-state index contributed by atoms with van der Waals surface area (Å²) in [4.78, 5) is 40.0. The zero-order valence-corrected chi connectivity index (χ0v) is 20.8. The fraction of sp³-hybridized carbons (Fsp3) is 0.207. The van der Waals surface area contributed by atoms with Crippen LogP contribution in [0.3, 0.4) is 0 Å². The number of fused-ring (bicyclic) bond motifs is 1. The monoisotopic (exact) mass is 509 g/mol. The molecule has 0 saturated heterocycles. The fourth-order valence-corrected chi connectivity index (χ4v) is 4.72. The van der Waals surface area contributed by atoms with Crippen molar-refractivity contribution < 1.29 is 19.4 Å². The lowest BCUT2D eigenvalue weighted by molar-refractivity contribution is -0.137. The predicted octanol–water partition coefficient (Wildman–Crippen LogP) is 3.45. The molecule has 2 N–H and O–H groups in total. The summed E-state index contributed by atoms with van der Waals surface area (Å²) >= 11 is 0. The Labute approximate surface area is 220 Å². The molecule has 0 spiro atoms. The molecule has 1 atom stereocenters. The normalized spacial score (nSPS) is 17.7. The minimum Gasteiger partial charge on any atom is -0.497 e. The smallest absolute Gasteiger partial charge is 0.303 e. The van der Waals surface area contributed by atoms with E-state index in [2.05, 4.69) is 10.3 Å². The number of guanidine groups is 1. The molecule has 0 fully saturated rings. The highest BCUT2D eigenvalue weighted by molar-refractivity contribution is 6.23. The Hall–Kier alpha value is -4.79. The molecular formula is C29H27N5O4. The van der Waals surface area contributed by atoms with Crippen molar-refractivity contribution in [2.75, 3.05) is 13.7 Å². The van der Waals surface area contributed by atoms with Crippen LogP contribution in [0, 0.1) is 0 Å². The number of amidine groups is 1. The second kappa shape index (κ2) is 10.7. The summed E-state index contributed by atoms with van der Waals surface area (Å²) in [7, 11) is 1.62. The molecule has 3 aromatic rings. The lowest BCUT2D eigenvalue weighted by atomic mass is 9.77. The van der Waals surface area contributed by atoms with Crippen LogP contribution in [0.4, 0.5) is 0 Å². The average molecular weight is 510 g/mol. The molecule has 0 saturated carbocycles. The number of hydrogen-bond acceptors (Lipinski definition) is 6. The summed E-state index contributed by atoms with van der Waals surface area (Å²) in [6, 6.07) is 26.6. The molecule has 0 aliphatic carbocycles. The van der Waals surface area contributed by atoms with Gasteiger partial charge in [-0.25, -0.2) is 4.99 Å². The number of carboxylic acids is 1. The van der Waals surface area contributed by atoms with Gasteiger partial charge in [-0.05, 0) is 35.2 Å². The molecule has 1 unspecified atom stereocenters. The van der Waals surface area contributed by atoms with E-state index in [4.69, 9.17) is 19.8 Å². The van der Waals surface area contributed by atoms with Gasteiger partial charge in [0.15, 0.2) is 6.04 Å². The maximum Gasteiger partial charge on any atom is 0.303 e. The number of benzene rings is 3. The number of nitrogens with one attached hydrogen (secondary N) is 1. The molecule has 9 heteroatoms. The number of aliphatic imine (C=N–C) groups is 3. The molecule has 0 aromatic heterocycles. The highest BCUT2D eigenvalue weighted by atomic mass is 16.5. The Bertz CT molecular complexity index is 1360.